The lowest BCUT2D eigenvalue weighted by Crippen LogP contribution is -2.45. The highest BCUT2D eigenvalue weighted by Crippen LogP contribution is 2.11. The van der Waals surface area contributed by atoms with Crippen molar-refractivity contribution in [2.24, 2.45) is 0 Å². The Bertz CT molecular complexity index is 687. The SMILES string of the molecule is CCN(CC)Cc1cnc2c(C(=O)N[C@H]3CCCNC3)cnn2c1. The zero-order valence-electron chi connectivity index (χ0n) is 14.5. The van der Waals surface area contributed by atoms with E-state index in [-0.39, 0.29) is 11.9 Å². The predicted octanol–water partition coefficient (Wildman–Crippen LogP) is 1.05. The summed E-state index contributed by atoms with van der Waals surface area (Å²) < 4.78 is 1.70. The third-order valence-electron chi connectivity index (χ3n) is 4.59. The van der Waals surface area contributed by atoms with Crippen LogP contribution in [0.25, 0.3) is 5.65 Å². The monoisotopic (exact) mass is 330 g/mol. The molecule has 130 valence electrons. The maximum absolute atomic E-state index is 12.5. The van der Waals surface area contributed by atoms with Crippen molar-refractivity contribution in [2.75, 3.05) is 26.2 Å². The van der Waals surface area contributed by atoms with E-state index in [1.54, 1.807) is 10.7 Å². The summed E-state index contributed by atoms with van der Waals surface area (Å²) in [5, 5.41) is 10.7. The Kier molecular flexibility index (Phi) is 5.42. The Balaban J connectivity index is 1.74. The first-order chi connectivity index (χ1) is 11.7. The first-order valence-electron chi connectivity index (χ1n) is 8.77. The Morgan fingerprint density at radius 3 is 2.96 bits per heavy atom. The lowest BCUT2D eigenvalue weighted by atomic mass is 10.1. The van der Waals surface area contributed by atoms with Gasteiger partial charge in [0.25, 0.3) is 5.91 Å². The number of aromatic nitrogens is 3. The molecule has 7 heteroatoms. The third-order valence-corrected chi connectivity index (χ3v) is 4.59. The van der Waals surface area contributed by atoms with Crippen molar-refractivity contribution in [1.29, 1.82) is 0 Å². The van der Waals surface area contributed by atoms with Gasteiger partial charge in [0.15, 0.2) is 5.65 Å². The van der Waals surface area contributed by atoms with Crippen LogP contribution in [0, 0.1) is 0 Å². The van der Waals surface area contributed by atoms with Crippen LogP contribution >= 0.6 is 0 Å². The zero-order valence-corrected chi connectivity index (χ0v) is 14.5. The largest absolute Gasteiger partial charge is 0.348 e. The molecule has 1 saturated heterocycles. The van der Waals surface area contributed by atoms with Gasteiger partial charge in [0.05, 0.1) is 6.20 Å². The van der Waals surface area contributed by atoms with Gasteiger partial charge in [0.1, 0.15) is 5.56 Å². The van der Waals surface area contributed by atoms with Crippen molar-refractivity contribution in [1.82, 2.24) is 30.1 Å². The van der Waals surface area contributed by atoms with Crippen molar-refractivity contribution in [3.63, 3.8) is 0 Å². The van der Waals surface area contributed by atoms with Gasteiger partial charge in [-0.1, -0.05) is 13.8 Å². The van der Waals surface area contributed by atoms with E-state index in [4.69, 9.17) is 0 Å². The van der Waals surface area contributed by atoms with Gasteiger partial charge in [-0.3, -0.25) is 9.69 Å². The van der Waals surface area contributed by atoms with Crippen molar-refractivity contribution < 1.29 is 4.79 Å². The lowest BCUT2D eigenvalue weighted by molar-refractivity contribution is 0.0932. The maximum atomic E-state index is 12.5. The van der Waals surface area contributed by atoms with Crippen LogP contribution in [-0.4, -0.2) is 57.6 Å². The molecule has 0 spiro atoms. The molecule has 1 aliphatic rings. The molecule has 0 unspecified atom stereocenters. The van der Waals surface area contributed by atoms with Gasteiger partial charge < -0.3 is 10.6 Å². The second-order valence-corrected chi connectivity index (χ2v) is 6.27. The standard InChI is InChI=1S/C17H26N6O/c1-3-22(4-2)11-13-8-19-16-15(10-20-23(16)12-13)17(24)21-14-6-5-7-18-9-14/h8,10,12,14,18H,3-7,9,11H2,1-2H3,(H,21,24)/t14-/m0/s1. The van der Waals surface area contributed by atoms with Gasteiger partial charge in [-0.15, -0.1) is 0 Å². The topological polar surface area (TPSA) is 74.6 Å². The molecule has 1 aliphatic heterocycles. The van der Waals surface area contributed by atoms with Gasteiger partial charge in [-0.25, -0.2) is 9.50 Å². The van der Waals surface area contributed by atoms with E-state index >= 15 is 0 Å². The normalized spacial score (nSPS) is 18.2. The predicted molar refractivity (Wildman–Crippen MR) is 93.0 cm³/mol. The van der Waals surface area contributed by atoms with Gasteiger partial charge in [-0.2, -0.15) is 5.10 Å². The van der Waals surface area contributed by atoms with E-state index in [0.29, 0.717) is 11.2 Å². The second kappa shape index (κ2) is 7.72. The molecule has 0 radical (unpaired) electrons. The molecule has 0 bridgehead atoms. The molecule has 2 aromatic heterocycles. The number of nitrogens with one attached hydrogen (secondary N) is 2. The van der Waals surface area contributed by atoms with Crippen LogP contribution in [-0.2, 0) is 6.54 Å². The molecule has 3 heterocycles. The Morgan fingerprint density at radius 2 is 2.25 bits per heavy atom. The van der Waals surface area contributed by atoms with Gasteiger partial charge in [0.2, 0.25) is 0 Å². The van der Waals surface area contributed by atoms with E-state index in [0.717, 1.165) is 51.1 Å². The summed E-state index contributed by atoms with van der Waals surface area (Å²) >= 11 is 0. The number of fused-ring (bicyclic) bond motifs is 1. The molecule has 1 fully saturated rings. The molecule has 1 atom stereocenters. The van der Waals surface area contributed by atoms with Crippen LogP contribution < -0.4 is 10.6 Å². The maximum Gasteiger partial charge on any atom is 0.257 e. The molecule has 1 amide bonds. The second-order valence-electron chi connectivity index (χ2n) is 6.27. The minimum absolute atomic E-state index is 0.0947. The number of rotatable bonds is 6. The number of hydrogen-bond acceptors (Lipinski definition) is 5. The van der Waals surface area contributed by atoms with Gasteiger partial charge >= 0.3 is 0 Å². The quantitative estimate of drug-likeness (QED) is 0.828. The Labute approximate surface area is 142 Å². The molecule has 0 aliphatic carbocycles. The van der Waals surface area contributed by atoms with Crippen LogP contribution in [0.3, 0.4) is 0 Å². The highest BCUT2D eigenvalue weighted by atomic mass is 16.1. The first kappa shape index (κ1) is 16.9. The van der Waals surface area contributed by atoms with Crippen LogP contribution in [0.1, 0.15) is 42.6 Å². The molecule has 2 aromatic rings. The lowest BCUT2D eigenvalue weighted by Gasteiger charge is -2.23. The van der Waals surface area contributed by atoms with Gasteiger partial charge in [-0.05, 0) is 32.5 Å². The van der Waals surface area contributed by atoms with Crippen molar-refractivity contribution in [3.8, 4) is 0 Å². The van der Waals surface area contributed by atoms with Crippen LogP contribution in [0.4, 0.5) is 0 Å². The van der Waals surface area contributed by atoms with E-state index in [2.05, 4.69) is 39.5 Å². The molecule has 3 rings (SSSR count). The zero-order chi connectivity index (χ0) is 16.9. The van der Waals surface area contributed by atoms with Crippen molar-refractivity contribution in [2.45, 2.75) is 39.3 Å². The minimum atomic E-state index is -0.0947. The number of nitrogens with zero attached hydrogens (tertiary/aromatic N) is 4. The third kappa shape index (κ3) is 3.73. The Hall–Kier alpha value is -1.99. The van der Waals surface area contributed by atoms with Crippen LogP contribution in [0.15, 0.2) is 18.6 Å². The van der Waals surface area contributed by atoms with E-state index in [1.807, 2.05) is 12.4 Å². The summed E-state index contributed by atoms with van der Waals surface area (Å²) in [6, 6.07) is 0.183. The van der Waals surface area contributed by atoms with E-state index < -0.39 is 0 Å². The average molecular weight is 330 g/mol. The molecular weight excluding hydrogens is 304 g/mol. The number of piperidine rings is 1. The summed E-state index contributed by atoms with van der Waals surface area (Å²) in [6.45, 7) is 8.97. The molecule has 7 nitrogen and oxygen atoms in total. The van der Waals surface area contributed by atoms with Crippen molar-refractivity contribution in [3.05, 3.63) is 29.7 Å². The number of hydrogen-bond donors (Lipinski definition) is 2. The highest BCUT2D eigenvalue weighted by Gasteiger charge is 2.19. The Morgan fingerprint density at radius 1 is 1.42 bits per heavy atom. The molecular formula is C17H26N6O. The molecule has 24 heavy (non-hydrogen) atoms. The van der Waals surface area contributed by atoms with Gasteiger partial charge in [0, 0.05) is 37.1 Å². The average Bonchev–Trinajstić information content (AvgIpc) is 3.03. The van der Waals surface area contributed by atoms with Crippen molar-refractivity contribution >= 4 is 11.6 Å². The minimum Gasteiger partial charge on any atom is -0.348 e. The summed E-state index contributed by atoms with van der Waals surface area (Å²) in [7, 11) is 0. The van der Waals surface area contributed by atoms with Crippen LogP contribution in [0.2, 0.25) is 0 Å². The molecule has 0 aromatic carbocycles. The van der Waals surface area contributed by atoms with E-state index in [1.165, 1.54) is 0 Å². The fraction of sp³-hybridized carbons (Fsp3) is 0.588. The number of carbonyl (C=O) groups is 1. The molecule has 0 saturated carbocycles. The fourth-order valence-electron chi connectivity index (χ4n) is 3.10. The summed E-state index contributed by atoms with van der Waals surface area (Å²) in [5.41, 5.74) is 2.24. The summed E-state index contributed by atoms with van der Waals surface area (Å²) in [5.74, 6) is -0.0947. The highest BCUT2D eigenvalue weighted by molar-refractivity contribution is 5.99. The number of carbonyl (C=O) groups excluding carboxylic acids is 1. The first-order valence-corrected chi connectivity index (χ1v) is 8.77. The summed E-state index contributed by atoms with van der Waals surface area (Å²) in [4.78, 5) is 19.3. The summed E-state index contributed by atoms with van der Waals surface area (Å²) in [6.07, 6.45) is 7.51. The van der Waals surface area contributed by atoms with E-state index in [9.17, 15) is 4.79 Å². The molecule has 2 N–H and O–H groups in total. The fourth-order valence-corrected chi connectivity index (χ4v) is 3.10. The number of amides is 1. The smallest absolute Gasteiger partial charge is 0.257 e. The van der Waals surface area contributed by atoms with Crippen LogP contribution in [0.5, 0.6) is 0 Å².